The Labute approximate surface area is 168 Å². The minimum atomic E-state index is -0.693. The van der Waals surface area contributed by atoms with Crippen LogP contribution in [-0.2, 0) is 14.3 Å². The van der Waals surface area contributed by atoms with Crippen molar-refractivity contribution in [1.29, 1.82) is 0 Å². The van der Waals surface area contributed by atoms with E-state index in [0.29, 0.717) is 5.92 Å². The number of Topliss-reactive ketones (excluding diaryl/α,β-unsaturated/α-hetero) is 1. The Balaban J connectivity index is 1.98. The van der Waals surface area contributed by atoms with Crippen LogP contribution in [0.4, 0.5) is 0 Å². The van der Waals surface area contributed by atoms with Gasteiger partial charge in [0.15, 0.2) is 0 Å². The maximum Gasteiger partial charge on any atom is 0.313 e. The Morgan fingerprint density at radius 1 is 0.964 bits per heavy atom. The zero-order valence-electron chi connectivity index (χ0n) is 17.3. The highest BCUT2D eigenvalue weighted by Gasteiger charge is 2.30. The number of ether oxygens (including phenoxy) is 1. The molecule has 28 heavy (non-hydrogen) atoms. The van der Waals surface area contributed by atoms with E-state index in [1.807, 2.05) is 32.9 Å². The SMILES string of the molecule is CC(=O)CC(=O)OC(C)(C)C(C)NCCC(c1ccccc1)c1ccccc1. The maximum atomic E-state index is 11.9. The zero-order valence-corrected chi connectivity index (χ0v) is 17.3. The molecule has 0 heterocycles. The standard InChI is InChI=1S/C24H31NO3/c1-18(26)17-23(27)28-24(3,4)19(2)25-16-15-22(20-11-7-5-8-12-20)21-13-9-6-10-14-21/h5-14,19,22,25H,15-17H2,1-4H3. The van der Waals surface area contributed by atoms with Crippen molar-refractivity contribution < 1.29 is 14.3 Å². The Hall–Kier alpha value is -2.46. The Bertz CT molecular complexity index is 716. The highest BCUT2D eigenvalue weighted by Crippen LogP contribution is 2.27. The number of ketones is 1. The lowest BCUT2D eigenvalue weighted by Crippen LogP contribution is -2.48. The van der Waals surface area contributed by atoms with E-state index >= 15 is 0 Å². The van der Waals surface area contributed by atoms with Crippen LogP contribution < -0.4 is 5.32 Å². The largest absolute Gasteiger partial charge is 0.458 e. The molecular weight excluding hydrogens is 350 g/mol. The van der Waals surface area contributed by atoms with Gasteiger partial charge in [0.2, 0.25) is 0 Å². The molecule has 150 valence electrons. The van der Waals surface area contributed by atoms with E-state index in [1.54, 1.807) is 0 Å². The summed E-state index contributed by atoms with van der Waals surface area (Å²) in [7, 11) is 0. The van der Waals surface area contributed by atoms with Gasteiger partial charge in [-0.05, 0) is 51.8 Å². The summed E-state index contributed by atoms with van der Waals surface area (Å²) in [5.41, 5.74) is 1.88. The summed E-state index contributed by atoms with van der Waals surface area (Å²) in [6, 6.07) is 20.9. The van der Waals surface area contributed by atoms with Crippen LogP contribution in [0.3, 0.4) is 0 Å². The van der Waals surface area contributed by atoms with E-state index in [0.717, 1.165) is 13.0 Å². The number of carbonyl (C=O) groups excluding carboxylic acids is 2. The maximum absolute atomic E-state index is 11.9. The smallest absolute Gasteiger partial charge is 0.313 e. The fourth-order valence-corrected chi connectivity index (χ4v) is 3.21. The molecule has 0 saturated heterocycles. The third-order valence-corrected chi connectivity index (χ3v) is 5.10. The third kappa shape index (κ3) is 6.61. The van der Waals surface area contributed by atoms with Gasteiger partial charge in [-0.15, -0.1) is 0 Å². The van der Waals surface area contributed by atoms with E-state index < -0.39 is 11.6 Å². The molecule has 0 aliphatic rings. The summed E-state index contributed by atoms with van der Waals surface area (Å²) in [6.45, 7) is 7.91. The molecule has 1 atom stereocenters. The molecule has 0 radical (unpaired) electrons. The average Bonchev–Trinajstić information content (AvgIpc) is 2.65. The second-order valence-electron chi connectivity index (χ2n) is 7.79. The molecule has 2 aromatic carbocycles. The number of nitrogens with one attached hydrogen (secondary N) is 1. The lowest BCUT2D eigenvalue weighted by Gasteiger charge is -2.32. The topological polar surface area (TPSA) is 55.4 Å². The summed E-state index contributed by atoms with van der Waals surface area (Å²) < 4.78 is 5.52. The summed E-state index contributed by atoms with van der Waals surface area (Å²) in [4.78, 5) is 23.0. The minimum absolute atomic E-state index is 0.0457. The summed E-state index contributed by atoms with van der Waals surface area (Å²) in [6.07, 6.45) is 0.746. The van der Waals surface area contributed by atoms with E-state index in [1.165, 1.54) is 18.1 Å². The third-order valence-electron chi connectivity index (χ3n) is 5.10. The molecule has 0 fully saturated rings. The lowest BCUT2D eigenvalue weighted by molar-refractivity contribution is -0.159. The van der Waals surface area contributed by atoms with Gasteiger partial charge < -0.3 is 10.1 Å². The number of carbonyl (C=O) groups is 2. The van der Waals surface area contributed by atoms with Crippen LogP contribution in [0.2, 0.25) is 0 Å². The normalized spacial score (nSPS) is 12.6. The Morgan fingerprint density at radius 2 is 1.46 bits per heavy atom. The van der Waals surface area contributed by atoms with Crippen LogP contribution in [0.5, 0.6) is 0 Å². The fourth-order valence-electron chi connectivity index (χ4n) is 3.21. The highest BCUT2D eigenvalue weighted by atomic mass is 16.6. The van der Waals surface area contributed by atoms with Gasteiger partial charge in [-0.3, -0.25) is 9.59 Å². The zero-order chi connectivity index (χ0) is 20.6. The van der Waals surface area contributed by atoms with Gasteiger partial charge in [0.1, 0.15) is 17.8 Å². The fraction of sp³-hybridized carbons (Fsp3) is 0.417. The lowest BCUT2D eigenvalue weighted by atomic mass is 9.88. The first kappa shape index (κ1) is 21.8. The number of rotatable bonds is 10. The van der Waals surface area contributed by atoms with Gasteiger partial charge in [0, 0.05) is 12.0 Å². The van der Waals surface area contributed by atoms with E-state index in [-0.39, 0.29) is 18.2 Å². The molecule has 4 heteroatoms. The molecule has 0 aliphatic carbocycles. The molecule has 2 rings (SSSR count). The van der Waals surface area contributed by atoms with Crippen LogP contribution in [0.25, 0.3) is 0 Å². The average molecular weight is 382 g/mol. The first-order chi connectivity index (χ1) is 13.3. The van der Waals surface area contributed by atoms with Crippen molar-refractivity contribution >= 4 is 11.8 Å². The molecule has 0 amide bonds. The quantitative estimate of drug-likeness (QED) is 0.487. The van der Waals surface area contributed by atoms with Gasteiger partial charge in [0.25, 0.3) is 0 Å². The van der Waals surface area contributed by atoms with Crippen molar-refractivity contribution in [3.8, 4) is 0 Å². The van der Waals surface area contributed by atoms with Crippen LogP contribution in [-0.4, -0.2) is 29.9 Å². The molecule has 0 bridgehead atoms. The molecule has 2 aromatic rings. The van der Waals surface area contributed by atoms with E-state index in [4.69, 9.17) is 4.74 Å². The molecule has 4 nitrogen and oxygen atoms in total. The molecule has 0 aliphatic heterocycles. The highest BCUT2D eigenvalue weighted by molar-refractivity contribution is 5.94. The van der Waals surface area contributed by atoms with Crippen molar-refractivity contribution in [2.45, 2.75) is 58.1 Å². The monoisotopic (exact) mass is 381 g/mol. The number of hydrogen-bond donors (Lipinski definition) is 1. The van der Waals surface area contributed by atoms with Crippen LogP contribution in [0.15, 0.2) is 60.7 Å². The van der Waals surface area contributed by atoms with Gasteiger partial charge in [-0.1, -0.05) is 60.7 Å². The van der Waals surface area contributed by atoms with Crippen molar-refractivity contribution in [3.63, 3.8) is 0 Å². The molecule has 0 aromatic heterocycles. The summed E-state index contributed by atoms with van der Waals surface area (Å²) in [5, 5.41) is 3.49. The van der Waals surface area contributed by atoms with E-state index in [9.17, 15) is 9.59 Å². The van der Waals surface area contributed by atoms with Crippen molar-refractivity contribution in [1.82, 2.24) is 5.32 Å². The summed E-state index contributed by atoms with van der Waals surface area (Å²) >= 11 is 0. The predicted molar refractivity (Wildman–Crippen MR) is 112 cm³/mol. The first-order valence-electron chi connectivity index (χ1n) is 9.84. The van der Waals surface area contributed by atoms with Gasteiger partial charge in [-0.2, -0.15) is 0 Å². The predicted octanol–water partition coefficient (Wildman–Crippen LogP) is 4.49. The second-order valence-corrected chi connectivity index (χ2v) is 7.79. The first-order valence-corrected chi connectivity index (χ1v) is 9.84. The van der Waals surface area contributed by atoms with Gasteiger partial charge in [0.05, 0.1) is 0 Å². The van der Waals surface area contributed by atoms with Crippen molar-refractivity contribution in [3.05, 3.63) is 71.8 Å². The molecule has 0 saturated carbocycles. The minimum Gasteiger partial charge on any atom is -0.458 e. The Morgan fingerprint density at radius 3 is 1.93 bits per heavy atom. The molecular formula is C24H31NO3. The van der Waals surface area contributed by atoms with E-state index in [2.05, 4.69) is 53.8 Å². The second kappa shape index (κ2) is 10.2. The van der Waals surface area contributed by atoms with Gasteiger partial charge >= 0.3 is 5.97 Å². The molecule has 1 N–H and O–H groups in total. The van der Waals surface area contributed by atoms with Crippen molar-refractivity contribution in [2.75, 3.05) is 6.54 Å². The van der Waals surface area contributed by atoms with Crippen LogP contribution in [0, 0.1) is 0 Å². The number of hydrogen-bond acceptors (Lipinski definition) is 4. The van der Waals surface area contributed by atoms with Gasteiger partial charge in [-0.25, -0.2) is 0 Å². The van der Waals surface area contributed by atoms with Crippen molar-refractivity contribution in [2.24, 2.45) is 0 Å². The van der Waals surface area contributed by atoms with Crippen LogP contribution >= 0.6 is 0 Å². The molecule has 0 spiro atoms. The molecule has 1 unspecified atom stereocenters. The number of benzene rings is 2. The number of esters is 1. The summed E-state index contributed by atoms with van der Waals surface area (Å²) in [5.74, 6) is -0.363. The Kier molecular flexibility index (Phi) is 7.94. The van der Waals surface area contributed by atoms with Crippen LogP contribution in [0.1, 0.15) is 57.6 Å².